The van der Waals surface area contributed by atoms with E-state index in [0.29, 0.717) is 11.5 Å². The van der Waals surface area contributed by atoms with Crippen molar-refractivity contribution < 1.29 is 27.5 Å². The summed E-state index contributed by atoms with van der Waals surface area (Å²) in [7, 11) is 2.17. The van der Waals surface area contributed by atoms with Crippen molar-refractivity contribution in [1.29, 1.82) is 0 Å². The summed E-state index contributed by atoms with van der Waals surface area (Å²) in [6.07, 6.45) is 0. The molecule has 0 saturated heterocycles. The number of amides is 2. The van der Waals surface area contributed by atoms with Crippen LogP contribution in [0.25, 0.3) is 0 Å². The SMILES string of the molecule is COc1ccc(C(=O)NNC(=O)c2ccc(S(=O)(=O)N(C)C)cc2)cc1OC. The number of hydrazine groups is 1. The predicted molar refractivity (Wildman–Crippen MR) is 102 cm³/mol. The predicted octanol–water partition coefficient (Wildman–Crippen LogP) is 1.03. The topological polar surface area (TPSA) is 114 Å². The maximum atomic E-state index is 12.2. The molecule has 10 heteroatoms. The zero-order valence-corrected chi connectivity index (χ0v) is 16.7. The Morgan fingerprint density at radius 3 is 1.82 bits per heavy atom. The van der Waals surface area contributed by atoms with Crippen LogP contribution >= 0.6 is 0 Å². The highest BCUT2D eigenvalue weighted by Crippen LogP contribution is 2.27. The van der Waals surface area contributed by atoms with Crippen molar-refractivity contribution in [3.8, 4) is 11.5 Å². The summed E-state index contributed by atoms with van der Waals surface area (Å²) < 4.78 is 35.4. The van der Waals surface area contributed by atoms with E-state index in [2.05, 4.69) is 10.9 Å². The molecule has 0 aliphatic heterocycles. The average Bonchev–Trinajstić information content (AvgIpc) is 2.71. The van der Waals surface area contributed by atoms with Crippen LogP contribution in [0.4, 0.5) is 0 Å². The summed E-state index contributed by atoms with van der Waals surface area (Å²) in [4.78, 5) is 24.4. The van der Waals surface area contributed by atoms with Gasteiger partial charge >= 0.3 is 0 Å². The number of sulfonamides is 1. The molecule has 0 aromatic heterocycles. The summed E-state index contributed by atoms with van der Waals surface area (Å²) in [6.45, 7) is 0. The lowest BCUT2D eigenvalue weighted by Crippen LogP contribution is -2.41. The maximum absolute atomic E-state index is 12.2. The molecule has 0 atom stereocenters. The number of nitrogens with zero attached hydrogens (tertiary/aromatic N) is 1. The normalized spacial score (nSPS) is 11.0. The lowest BCUT2D eigenvalue weighted by molar-refractivity contribution is 0.0846. The number of nitrogens with one attached hydrogen (secondary N) is 2. The van der Waals surface area contributed by atoms with E-state index in [1.807, 2.05) is 0 Å². The van der Waals surface area contributed by atoms with Gasteiger partial charge in [-0.25, -0.2) is 12.7 Å². The molecule has 0 spiro atoms. The lowest BCUT2D eigenvalue weighted by atomic mass is 10.2. The molecule has 0 aliphatic rings. The molecule has 150 valence electrons. The molecule has 0 bridgehead atoms. The second-order valence-electron chi connectivity index (χ2n) is 5.79. The van der Waals surface area contributed by atoms with Gasteiger partial charge in [-0.3, -0.25) is 20.4 Å². The first-order chi connectivity index (χ1) is 13.2. The Balaban J connectivity index is 2.05. The third-order valence-electron chi connectivity index (χ3n) is 3.83. The molecule has 2 aromatic rings. The molecular formula is C18H21N3O6S. The summed E-state index contributed by atoms with van der Waals surface area (Å²) in [5.41, 5.74) is 5.00. The fraction of sp³-hybridized carbons (Fsp3) is 0.222. The van der Waals surface area contributed by atoms with E-state index in [0.717, 1.165) is 4.31 Å². The highest BCUT2D eigenvalue weighted by molar-refractivity contribution is 7.89. The lowest BCUT2D eigenvalue weighted by Gasteiger charge is -2.12. The van der Waals surface area contributed by atoms with Gasteiger partial charge in [-0.1, -0.05) is 0 Å². The maximum Gasteiger partial charge on any atom is 0.269 e. The van der Waals surface area contributed by atoms with Crippen molar-refractivity contribution in [2.24, 2.45) is 0 Å². The van der Waals surface area contributed by atoms with Crippen molar-refractivity contribution >= 4 is 21.8 Å². The smallest absolute Gasteiger partial charge is 0.269 e. The first-order valence-electron chi connectivity index (χ1n) is 8.06. The van der Waals surface area contributed by atoms with Gasteiger partial charge in [0.05, 0.1) is 19.1 Å². The highest BCUT2D eigenvalue weighted by atomic mass is 32.2. The number of ether oxygens (including phenoxy) is 2. The number of carbonyl (C=O) groups excluding carboxylic acids is 2. The van der Waals surface area contributed by atoms with Crippen LogP contribution in [0.2, 0.25) is 0 Å². The molecule has 0 fully saturated rings. The standard InChI is InChI=1S/C18H21N3O6S/c1-21(2)28(24,25)14-8-5-12(6-9-14)17(22)19-20-18(23)13-7-10-15(26-3)16(11-13)27-4/h5-11H,1-4H3,(H,19,22)(H,20,23). The molecule has 0 heterocycles. The molecule has 2 N–H and O–H groups in total. The Labute approximate surface area is 163 Å². The van der Waals surface area contributed by atoms with Crippen LogP contribution < -0.4 is 20.3 Å². The van der Waals surface area contributed by atoms with Crippen LogP contribution in [-0.2, 0) is 10.0 Å². The van der Waals surface area contributed by atoms with Crippen molar-refractivity contribution in [2.75, 3.05) is 28.3 Å². The third-order valence-corrected chi connectivity index (χ3v) is 5.66. The molecule has 2 aromatic carbocycles. The number of rotatable bonds is 6. The summed E-state index contributed by atoms with van der Waals surface area (Å²) in [5.74, 6) is -0.307. The van der Waals surface area contributed by atoms with Gasteiger partial charge in [0.25, 0.3) is 11.8 Å². The number of benzene rings is 2. The molecular weight excluding hydrogens is 386 g/mol. The number of methoxy groups -OCH3 is 2. The Hall–Kier alpha value is -3.11. The molecule has 0 saturated carbocycles. The molecule has 0 radical (unpaired) electrons. The Morgan fingerprint density at radius 1 is 0.821 bits per heavy atom. The number of hydrogen-bond donors (Lipinski definition) is 2. The van der Waals surface area contributed by atoms with Gasteiger partial charge < -0.3 is 9.47 Å². The van der Waals surface area contributed by atoms with E-state index >= 15 is 0 Å². The van der Waals surface area contributed by atoms with E-state index in [1.54, 1.807) is 6.07 Å². The van der Waals surface area contributed by atoms with E-state index in [-0.39, 0.29) is 16.0 Å². The zero-order chi connectivity index (χ0) is 20.9. The Bertz CT molecular complexity index is 971. The minimum atomic E-state index is -3.58. The molecule has 9 nitrogen and oxygen atoms in total. The largest absolute Gasteiger partial charge is 0.493 e. The van der Waals surface area contributed by atoms with Gasteiger partial charge in [0, 0.05) is 25.2 Å². The highest BCUT2D eigenvalue weighted by Gasteiger charge is 2.18. The average molecular weight is 407 g/mol. The zero-order valence-electron chi connectivity index (χ0n) is 15.8. The molecule has 2 amide bonds. The van der Waals surface area contributed by atoms with Gasteiger partial charge in [-0.15, -0.1) is 0 Å². The van der Waals surface area contributed by atoms with Crippen molar-refractivity contribution in [2.45, 2.75) is 4.90 Å². The minimum Gasteiger partial charge on any atom is -0.493 e. The number of carbonyl (C=O) groups is 2. The second-order valence-corrected chi connectivity index (χ2v) is 7.94. The van der Waals surface area contributed by atoms with Gasteiger partial charge in [0.2, 0.25) is 10.0 Å². The van der Waals surface area contributed by atoms with E-state index in [9.17, 15) is 18.0 Å². The Morgan fingerprint density at radius 2 is 1.32 bits per heavy atom. The quantitative estimate of drug-likeness (QED) is 0.692. The van der Waals surface area contributed by atoms with Gasteiger partial charge in [-0.2, -0.15) is 0 Å². The Kier molecular flexibility index (Phi) is 6.60. The van der Waals surface area contributed by atoms with Crippen molar-refractivity contribution in [3.63, 3.8) is 0 Å². The van der Waals surface area contributed by atoms with Crippen LogP contribution in [0.15, 0.2) is 47.4 Å². The summed E-state index contributed by atoms with van der Waals surface area (Å²) in [6, 6.07) is 9.91. The van der Waals surface area contributed by atoms with Crippen LogP contribution in [0.1, 0.15) is 20.7 Å². The monoisotopic (exact) mass is 407 g/mol. The van der Waals surface area contributed by atoms with Crippen LogP contribution in [-0.4, -0.2) is 52.9 Å². The first kappa shape index (κ1) is 21.2. The minimum absolute atomic E-state index is 0.0587. The summed E-state index contributed by atoms with van der Waals surface area (Å²) in [5, 5.41) is 0. The van der Waals surface area contributed by atoms with E-state index < -0.39 is 21.8 Å². The third kappa shape index (κ3) is 4.59. The van der Waals surface area contributed by atoms with Crippen LogP contribution in [0, 0.1) is 0 Å². The fourth-order valence-corrected chi connectivity index (χ4v) is 3.13. The number of hydrogen-bond acceptors (Lipinski definition) is 6. The van der Waals surface area contributed by atoms with Gasteiger partial charge in [0.1, 0.15) is 0 Å². The van der Waals surface area contributed by atoms with Crippen molar-refractivity contribution in [3.05, 3.63) is 53.6 Å². The summed E-state index contributed by atoms with van der Waals surface area (Å²) >= 11 is 0. The molecule has 0 aliphatic carbocycles. The second kappa shape index (κ2) is 8.72. The fourth-order valence-electron chi connectivity index (χ4n) is 2.22. The van der Waals surface area contributed by atoms with Gasteiger partial charge in [0.15, 0.2) is 11.5 Å². The molecule has 28 heavy (non-hydrogen) atoms. The molecule has 0 unspecified atom stereocenters. The first-order valence-corrected chi connectivity index (χ1v) is 9.50. The van der Waals surface area contributed by atoms with Crippen LogP contribution in [0.5, 0.6) is 11.5 Å². The van der Waals surface area contributed by atoms with Gasteiger partial charge in [-0.05, 0) is 42.5 Å². The van der Waals surface area contributed by atoms with E-state index in [1.165, 1.54) is 64.7 Å². The van der Waals surface area contributed by atoms with Crippen molar-refractivity contribution in [1.82, 2.24) is 15.2 Å². The molecule has 2 rings (SSSR count). The van der Waals surface area contributed by atoms with E-state index in [4.69, 9.17) is 9.47 Å². The van der Waals surface area contributed by atoms with Crippen LogP contribution in [0.3, 0.4) is 0 Å².